The minimum atomic E-state index is -0.909. The van der Waals surface area contributed by atoms with E-state index in [1.54, 1.807) is 0 Å². The van der Waals surface area contributed by atoms with Crippen molar-refractivity contribution >= 4 is 17.8 Å². The van der Waals surface area contributed by atoms with E-state index in [-0.39, 0.29) is 64.6 Å². The molecule has 11 atom stereocenters. The molecule has 0 aromatic rings. The zero-order chi connectivity index (χ0) is 35.1. The Hall–Kier alpha value is -2.87. The van der Waals surface area contributed by atoms with Gasteiger partial charge in [0.1, 0.15) is 12.6 Å². The Bertz CT molecular complexity index is 1520. The van der Waals surface area contributed by atoms with Gasteiger partial charge in [-0.25, -0.2) is 0 Å². The van der Waals surface area contributed by atoms with E-state index in [4.69, 9.17) is 14.8 Å². The number of aliphatic carboxylic acids is 1. The highest BCUT2D eigenvalue weighted by atomic mass is 16.5. The molecule has 1 amide bonds. The Morgan fingerprint density at radius 2 is 1.69 bits per heavy atom. The number of amides is 1. The van der Waals surface area contributed by atoms with Crippen molar-refractivity contribution in [2.45, 2.75) is 144 Å². The first-order chi connectivity index (χ1) is 22.3. The SMILES string of the molecule is C=C(C)[C@@H]1CC[C@]2(CC(=O)NCC#N)CC[C@]3(C)[C@H](CC[C@@H]4[C@@]5(C)CC[C@H](OC(=O)CC(C)(C)CC(=O)O)[C@@]6(C)C#[N+][C@]65CC[C@]43C)[C@@H]12. The number of nitrogens with zero attached hydrogens (tertiary/aromatic N) is 2. The maximum absolute atomic E-state index is 13.2. The first-order valence-corrected chi connectivity index (χ1v) is 18.5. The number of hydrogen-bond donors (Lipinski definition) is 2. The second-order valence-corrected chi connectivity index (χ2v) is 18.7. The topological polar surface area (TPSA) is 121 Å². The van der Waals surface area contributed by atoms with Crippen molar-refractivity contribution in [1.82, 2.24) is 5.32 Å². The van der Waals surface area contributed by atoms with Crippen LogP contribution in [0.3, 0.4) is 0 Å². The molecule has 5 fully saturated rings. The molecule has 0 aromatic carbocycles. The maximum atomic E-state index is 13.2. The highest BCUT2D eigenvalue weighted by molar-refractivity contribution is 5.77. The molecule has 0 aromatic heterocycles. The van der Waals surface area contributed by atoms with Gasteiger partial charge in [0.25, 0.3) is 6.07 Å². The normalized spacial score (nSPS) is 45.2. The van der Waals surface area contributed by atoms with Gasteiger partial charge in [-0.15, -0.1) is 0 Å². The zero-order valence-electron chi connectivity index (χ0n) is 30.5. The molecule has 5 aliphatic carbocycles. The summed E-state index contributed by atoms with van der Waals surface area (Å²) in [6.45, 7) is 20.2. The van der Waals surface area contributed by atoms with Gasteiger partial charge >= 0.3 is 17.5 Å². The largest absolute Gasteiger partial charge is 0.481 e. The third kappa shape index (κ3) is 4.74. The fourth-order valence-electron chi connectivity index (χ4n) is 13.5. The summed E-state index contributed by atoms with van der Waals surface area (Å²) in [5, 5.41) is 21.3. The van der Waals surface area contributed by atoms with Crippen LogP contribution in [0.4, 0.5) is 0 Å². The van der Waals surface area contributed by atoms with Gasteiger partial charge in [0.05, 0.1) is 24.3 Å². The Balaban J connectivity index is 1.27. The number of nitriles is 1. The number of nitrogens with one attached hydrogen (secondary N) is 1. The van der Waals surface area contributed by atoms with E-state index >= 15 is 0 Å². The number of carboxylic acid groups (broad SMARTS) is 1. The third-order valence-electron chi connectivity index (χ3n) is 16.0. The van der Waals surface area contributed by atoms with Crippen molar-refractivity contribution in [2.24, 2.45) is 56.2 Å². The molecule has 2 N–H and O–H groups in total. The summed E-state index contributed by atoms with van der Waals surface area (Å²) in [7, 11) is 0. The average Bonchev–Trinajstić information content (AvgIpc) is 3.35. The quantitative estimate of drug-likeness (QED) is 0.147. The predicted molar refractivity (Wildman–Crippen MR) is 184 cm³/mol. The maximum Gasteiger partial charge on any atom is 0.312 e. The minimum absolute atomic E-state index is 0.0147. The molecule has 0 radical (unpaired) electrons. The number of hydrogen-bond acceptors (Lipinski definition) is 5. The zero-order valence-corrected chi connectivity index (χ0v) is 30.5. The molecule has 1 heterocycles. The number of ether oxygens (including phenoxy) is 1. The van der Waals surface area contributed by atoms with Gasteiger partial charge in [-0.2, -0.15) is 5.26 Å². The van der Waals surface area contributed by atoms with Crippen molar-refractivity contribution in [3.05, 3.63) is 17.0 Å². The third-order valence-corrected chi connectivity index (χ3v) is 16.0. The van der Waals surface area contributed by atoms with Crippen LogP contribution in [-0.2, 0) is 19.1 Å². The highest BCUT2D eigenvalue weighted by Crippen LogP contribution is 2.80. The Kier molecular flexibility index (Phi) is 8.25. The van der Waals surface area contributed by atoms with Crippen molar-refractivity contribution in [3.8, 4) is 12.1 Å². The highest BCUT2D eigenvalue weighted by Gasteiger charge is 2.85. The van der Waals surface area contributed by atoms with Crippen LogP contribution >= 0.6 is 0 Å². The lowest BCUT2D eigenvalue weighted by molar-refractivity contribution is -0.248. The van der Waals surface area contributed by atoms with Crippen molar-refractivity contribution in [3.63, 3.8) is 0 Å². The second-order valence-electron chi connectivity index (χ2n) is 18.7. The lowest BCUT2D eigenvalue weighted by Crippen LogP contribution is -2.75. The molecule has 1 spiro atoms. The summed E-state index contributed by atoms with van der Waals surface area (Å²) >= 11 is 0. The van der Waals surface area contributed by atoms with E-state index in [2.05, 4.69) is 58.7 Å². The molecule has 48 heavy (non-hydrogen) atoms. The van der Waals surface area contributed by atoms with Crippen LogP contribution in [0.15, 0.2) is 12.2 Å². The Labute approximate surface area is 287 Å². The number of rotatable bonds is 9. The average molecular weight is 661 g/mol. The summed E-state index contributed by atoms with van der Waals surface area (Å²) < 4.78 is 6.24. The minimum Gasteiger partial charge on any atom is -0.481 e. The predicted octanol–water partition coefficient (Wildman–Crippen LogP) is 7.93. The molecule has 0 unspecified atom stereocenters. The summed E-state index contributed by atoms with van der Waals surface area (Å²) in [5.41, 5.74) is -0.119. The lowest BCUT2D eigenvalue weighted by Gasteiger charge is -2.72. The molecule has 5 saturated carbocycles. The fraction of sp³-hybridized carbons (Fsp3) is 0.825. The van der Waals surface area contributed by atoms with Gasteiger partial charge in [0, 0.05) is 12.8 Å². The van der Waals surface area contributed by atoms with E-state index in [0.717, 1.165) is 64.2 Å². The number of carboxylic acids is 1. The standard InChI is InChI=1S/C40H57N3O5/c1-25(2)26-11-14-39(21-30(44)42-20-19-41)17-15-35(5)27(33(26)39)9-10-28-36(35,6)16-18-40-37(28,7)13-12-29(38(40,8)24-43-40)48-32(47)23-34(3,4)22-31(45)46/h26-29,33H,1,9-18,20-23H2,2-8H3,(H-,42,44,45,46)/p+1/t26-,27+,28-,29-,33+,35+,36+,37+,38+,39+,40-/m0/s1. The molecular weight excluding hydrogens is 602 g/mol. The number of carbonyl (C=O) groups excluding carboxylic acids is 2. The first-order valence-electron chi connectivity index (χ1n) is 18.5. The molecule has 262 valence electrons. The van der Waals surface area contributed by atoms with Gasteiger partial charge in [-0.05, 0) is 117 Å². The van der Waals surface area contributed by atoms with E-state index in [1.807, 2.05) is 13.8 Å². The summed E-state index contributed by atoms with van der Waals surface area (Å²) in [6, 6.07) is 5.51. The van der Waals surface area contributed by atoms with E-state index < -0.39 is 16.8 Å². The molecule has 8 nitrogen and oxygen atoms in total. The molecule has 6 aliphatic rings. The van der Waals surface area contributed by atoms with E-state index in [9.17, 15) is 19.5 Å². The van der Waals surface area contributed by atoms with Crippen LogP contribution in [0.25, 0.3) is 4.85 Å². The number of esters is 1. The molecule has 8 heteroatoms. The van der Waals surface area contributed by atoms with Crippen LogP contribution in [-0.4, -0.2) is 41.1 Å². The van der Waals surface area contributed by atoms with Gasteiger partial charge < -0.3 is 15.2 Å². The lowest BCUT2D eigenvalue weighted by atomic mass is 9.30. The number of allylic oxidation sites excluding steroid dienone is 1. The molecule has 0 bridgehead atoms. The molecular formula is C40H58N3O5+. The van der Waals surface area contributed by atoms with Crippen LogP contribution < -0.4 is 5.32 Å². The molecule has 6 rings (SSSR count). The summed E-state index contributed by atoms with van der Waals surface area (Å²) in [5.74, 6) is 0.589. The first kappa shape index (κ1) is 35.0. The van der Waals surface area contributed by atoms with Crippen LogP contribution in [0.2, 0.25) is 0 Å². The molecule has 1 aliphatic heterocycles. The second kappa shape index (κ2) is 11.3. The van der Waals surface area contributed by atoms with Gasteiger partial charge in [0.15, 0.2) is 0 Å². The Morgan fingerprint density at radius 1 is 0.979 bits per heavy atom. The van der Waals surface area contributed by atoms with Crippen LogP contribution in [0, 0.1) is 73.6 Å². The van der Waals surface area contributed by atoms with Crippen LogP contribution in [0.1, 0.15) is 132 Å². The Morgan fingerprint density at radius 3 is 2.31 bits per heavy atom. The van der Waals surface area contributed by atoms with Gasteiger partial charge in [-0.3, -0.25) is 14.4 Å². The van der Waals surface area contributed by atoms with Crippen molar-refractivity contribution in [2.75, 3.05) is 6.54 Å². The van der Waals surface area contributed by atoms with Crippen molar-refractivity contribution < 1.29 is 24.2 Å². The van der Waals surface area contributed by atoms with Gasteiger partial charge in [0.2, 0.25) is 11.3 Å². The summed E-state index contributed by atoms with van der Waals surface area (Å²) in [4.78, 5) is 42.9. The fourth-order valence-corrected chi connectivity index (χ4v) is 13.5. The van der Waals surface area contributed by atoms with E-state index in [1.165, 1.54) is 5.57 Å². The smallest absolute Gasteiger partial charge is 0.312 e. The van der Waals surface area contributed by atoms with Crippen molar-refractivity contribution in [1.29, 1.82) is 5.26 Å². The van der Waals surface area contributed by atoms with E-state index in [0.29, 0.717) is 30.1 Å². The molecule has 0 saturated heterocycles. The van der Waals surface area contributed by atoms with Crippen LogP contribution in [0.5, 0.6) is 0 Å². The number of fused-ring (bicyclic) bond motifs is 6. The van der Waals surface area contributed by atoms with Gasteiger partial charge in [-0.1, -0.05) is 51.6 Å². The summed E-state index contributed by atoms with van der Waals surface area (Å²) in [6.07, 6.45) is 10.4. The number of carbonyl (C=O) groups is 3. The monoisotopic (exact) mass is 660 g/mol.